The van der Waals surface area contributed by atoms with Gasteiger partial charge in [0, 0.05) is 12.0 Å². The van der Waals surface area contributed by atoms with Crippen molar-refractivity contribution in [2.75, 3.05) is 6.61 Å². The number of phenolic OH excluding ortho intramolecular Hbond substituents is 1. The van der Waals surface area contributed by atoms with E-state index in [1.54, 1.807) is 6.07 Å². The van der Waals surface area contributed by atoms with Gasteiger partial charge < -0.3 is 24.8 Å². The van der Waals surface area contributed by atoms with E-state index in [0.29, 0.717) is 29.4 Å². The highest BCUT2D eigenvalue weighted by Gasteiger charge is 2.40. The van der Waals surface area contributed by atoms with Crippen LogP contribution in [0.1, 0.15) is 51.5 Å². The Labute approximate surface area is 177 Å². The topological polar surface area (TPSA) is 137 Å². The molecule has 0 spiro atoms. The van der Waals surface area contributed by atoms with Crippen molar-refractivity contribution in [2.24, 2.45) is 23.7 Å². The molecule has 2 aliphatic rings. The highest BCUT2D eigenvalue weighted by molar-refractivity contribution is 5.70. The van der Waals surface area contributed by atoms with Crippen molar-refractivity contribution in [3.8, 4) is 11.5 Å². The maximum Gasteiger partial charge on any atom is 0.307 e. The van der Waals surface area contributed by atoms with E-state index >= 15 is 0 Å². The molecule has 5 N–H and O–H groups in total. The predicted molar refractivity (Wildman–Crippen MR) is 109 cm³/mol. The number of phenols is 1. The second-order valence-electron chi connectivity index (χ2n) is 8.51. The molecular weight excluding hydrogens is 392 g/mol. The van der Waals surface area contributed by atoms with Crippen LogP contribution in [-0.2, 0) is 16.0 Å². The quantitative estimate of drug-likeness (QED) is 0.264. The number of benzene rings is 1. The first-order chi connectivity index (χ1) is 14.3. The van der Waals surface area contributed by atoms with E-state index in [1.807, 2.05) is 6.92 Å². The lowest BCUT2D eigenvalue weighted by Crippen LogP contribution is -2.40. The fraction of sp³-hybridized carbons (Fsp3) is 0.682. The molecule has 0 aromatic heterocycles. The Hall–Kier alpha value is -1.87. The standard InChI is InChI=1S/C22H32O6.H2O2/c1-13-6-7-16-4-3-5-19(20(16)12-27-13)14(2)22(26)28-18-9-15(10-21(24)25)8-17(23)11-18;1-2/h8-9,11,13-14,16,19-20,22-23,26H,3-7,10,12H2,1-2H3,(H,24,25);1-2H. The summed E-state index contributed by atoms with van der Waals surface area (Å²) in [6, 6.07) is 4.36. The number of fused-ring (bicyclic) bond motifs is 1. The van der Waals surface area contributed by atoms with Crippen molar-refractivity contribution < 1.29 is 40.1 Å². The third kappa shape index (κ3) is 6.57. The minimum Gasteiger partial charge on any atom is -0.508 e. The van der Waals surface area contributed by atoms with Gasteiger partial charge >= 0.3 is 5.97 Å². The lowest BCUT2D eigenvalue weighted by Gasteiger charge is -2.41. The van der Waals surface area contributed by atoms with Crippen molar-refractivity contribution in [1.82, 2.24) is 0 Å². The average molecular weight is 427 g/mol. The molecule has 0 amide bonds. The summed E-state index contributed by atoms with van der Waals surface area (Å²) in [7, 11) is 0. The fourth-order valence-electron chi connectivity index (χ4n) is 4.92. The Morgan fingerprint density at radius 1 is 1.20 bits per heavy atom. The van der Waals surface area contributed by atoms with Crippen molar-refractivity contribution >= 4 is 5.97 Å². The summed E-state index contributed by atoms with van der Waals surface area (Å²) in [5.74, 6) is 0.525. The molecule has 1 aliphatic carbocycles. The van der Waals surface area contributed by atoms with Gasteiger partial charge in [-0.3, -0.25) is 15.3 Å². The molecule has 0 bridgehead atoms. The van der Waals surface area contributed by atoms with Gasteiger partial charge in [-0.1, -0.05) is 19.8 Å². The zero-order chi connectivity index (χ0) is 22.3. The SMILES string of the molecule is CC1CCC2CCCC(C(C)C(O)Oc3cc(O)cc(CC(=O)O)c3)C2CO1.OO. The highest BCUT2D eigenvalue weighted by Crippen LogP contribution is 2.44. The second kappa shape index (κ2) is 11.5. The monoisotopic (exact) mass is 426 g/mol. The van der Waals surface area contributed by atoms with Crippen molar-refractivity contribution in [1.29, 1.82) is 0 Å². The van der Waals surface area contributed by atoms with Crippen LogP contribution < -0.4 is 4.74 Å². The van der Waals surface area contributed by atoms with Crippen molar-refractivity contribution in [3.63, 3.8) is 0 Å². The van der Waals surface area contributed by atoms with Gasteiger partial charge in [0.05, 0.1) is 19.1 Å². The molecule has 170 valence electrons. The summed E-state index contributed by atoms with van der Waals surface area (Å²) in [6.07, 6.45) is 4.77. The van der Waals surface area contributed by atoms with Gasteiger partial charge in [-0.15, -0.1) is 0 Å². The number of carbonyl (C=O) groups is 1. The minimum atomic E-state index is -1.02. The number of carboxylic acid groups (broad SMARTS) is 1. The van der Waals surface area contributed by atoms with Crippen molar-refractivity contribution in [2.45, 2.75) is 64.8 Å². The second-order valence-corrected chi connectivity index (χ2v) is 8.51. The molecule has 6 atom stereocenters. The lowest BCUT2D eigenvalue weighted by molar-refractivity contribution is -0.176. The molecule has 0 radical (unpaired) electrons. The van der Waals surface area contributed by atoms with Gasteiger partial charge in [-0.05, 0) is 61.6 Å². The van der Waals surface area contributed by atoms with Crippen LogP contribution in [0.4, 0.5) is 0 Å². The number of hydrogen-bond acceptors (Lipinski definition) is 7. The molecule has 1 aliphatic heterocycles. The van der Waals surface area contributed by atoms with Crippen LogP contribution in [0.2, 0.25) is 0 Å². The largest absolute Gasteiger partial charge is 0.508 e. The molecule has 30 heavy (non-hydrogen) atoms. The Kier molecular flexibility index (Phi) is 9.36. The number of aliphatic carboxylic acids is 1. The highest BCUT2D eigenvalue weighted by atomic mass is 17.0. The first-order valence-corrected chi connectivity index (χ1v) is 10.5. The summed E-state index contributed by atoms with van der Waals surface area (Å²) >= 11 is 0. The van der Waals surface area contributed by atoms with E-state index < -0.39 is 12.3 Å². The summed E-state index contributed by atoms with van der Waals surface area (Å²) < 4.78 is 11.7. The normalized spacial score (nSPS) is 28.2. The van der Waals surface area contributed by atoms with Gasteiger partial charge in [0.15, 0.2) is 6.29 Å². The number of ether oxygens (including phenoxy) is 2. The number of aliphatic hydroxyl groups is 1. The summed E-state index contributed by atoms with van der Waals surface area (Å²) in [4.78, 5) is 10.9. The molecule has 1 heterocycles. The van der Waals surface area contributed by atoms with E-state index in [1.165, 1.54) is 25.0 Å². The maximum absolute atomic E-state index is 10.9. The summed E-state index contributed by atoms with van der Waals surface area (Å²) in [5, 5.41) is 41.5. The van der Waals surface area contributed by atoms with Crippen LogP contribution in [0.3, 0.4) is 0 Å². The predicted octanol–water partition coefficient (Wildman–Crippen LogP) is 3.60. The first-order valence-electron chi connectivity index (χ1n) is 10.5. The van der Waals surface area contributed by atoms with Crippen LogP contribution in [0.5, 0.6) is 11.5 Å². The first kappa shape index (κ1) is 24.4. The van der Waals surface area contributed by atoms with Gasteiger partial charge in [-0.25, -0.2) is 0 Å². The van der Waals surface area contributed by atoms with Gasteiger partial charge in [-0.2, -0.15) is 0 Å². The molecule has 8 nitrogen and oxygen atoms in total. The van der Waals surface area contributed by atoms with Crippen molar-refractivity contribution in [3.05, 3.63) is 23.8 Å². The van der Waals surface area contributed by atoms with E-state index in [-0.39, 0.29) is 23.8 Å². The van der Waals surface area contributed by atoms with E-state index in [4.69, 9.17) is 25.1 Å². The van der Waals surface area contributed by atoms with E-state index in [0.717, 1.165) is 25.9 Å². The van der Waals surface area contributed by atoms with E-state index in [9.17, 15) is 15.0 Å². The van der Waals surface area contributed by atoms with Crippen LogP contribution in [0.15, 0.2) is 18.2 Å². The van der Waals surface area contributed by atoms with Gasteiger partial charge in [0.1, 0.15) is 11.5 Å². The number of carboxylic acids is 1. The molecule has 2 fully saturated rings. The summed E-state index contributed by atoms with van der Waals surface area (Å²) in [6.45, 7) is 4.87. The minimum absolute atomic E-state index is 0.0718. The average Bonchev–Trinajstić information content (AvgIpc) is 2.89. The Morgan fingerprint density at radius 3 is 2.63 bits per heavy atom. The van der Waals surface area contributed by atoms with E-state index in [2.05, 4.69) is 6.92 Å². The number of aromatic hydroxyl groups is 1. The molecule has 6 unspecified atom stereocenters. The van der Waals surface area contributed by atoms with Gasteiger partial charge in [0.25, 0.3) is 0 Å². The fourth-order valence-corrected chi connectivity index (χ4v) is 4.92. The molecule has 1 saturated carbocycles. The molecule has 3 rings (SSSR count). The molecular formula is C22H34O8. The number of hydrogen-bond donors (Lipinski definition) is 5. The summed E-state index contributed by atoms with van der Waals surface area (Å²) in [5.41, 5.74) is 0.436. The molecule has 1 aromatic rings. The third-order valence-corrected chi connectivity index (χ3v) is 6.47. The van der Waals surface area contributed by atoms with Crippen LogP contribution in [0.25, 0.3) is 0 Å². The Morgan fingerprint density at radius 2 is 1.93 bits per heavy atom. The van der Waals surface area contributed by atoms with Crippen LogP contribution in [-0.4, -0.2) is 50.8 Å². The Balaban J connectivity index is 0.00000155. The van der Waals surface area contributed by atoms with Crippen LogP contribution >= 0.6 is 0 Å². The smallest absolute Gasteiger partial charge is 0.307 e. The zero-order valence-electron chi connectivity index (χ0n) is 17.6. The molecule has 1 saturated heterocycles. The maximum atomic E-state index is 10.9. The lowest BCUT2D eigenvalue weighted by atomic mass is 9.66. The number of rotatable bonds is 6. The molecule has 8 heteroatoms. The third-order valence-electron chi connectivity index (χ3n) is 6.47. The zero-order valence-corrected chi connectivity index (χ0v) is 17.6. The Bertz CT molecular complexity index is 679. The van der Waals surface area contributed by atoms with Gasteiger partial charge in [0.2, 0.25) is 0 Å². The molecule has 1 aromatic carbocycles. The van der Waals surface area contributed by atoms with Crippen LogP contribution in [0, 0.1) is 23.7 Å². The number of aliphatic hydroxyl groups excluding tert-OH is 1.